The number of carboxylic acid groups (broad SMARTS) is 1. The van der Waals surface area contributed by atoms with Crippen LogP contribution in [0.2, 0.25) is 5.15 Å². The largest absolute Gasteiger partial charge is 0.480 e. The van der Waals surface area contributed by atoms with Crippen LogP contribution < -0.4 is 0 Å². The average Bonchev–Trinajstić information content (AvgIpc) is 2.45. The Balaban J connectivity index is 2.68. The second-order valence-electron chi connectivity index (χ2n) is 3.17. The van der Waals surface area contributed by atoms with Crippen LogP contribution in [0.4, 0.5) is 0 Å². The third kappa shape index (κ3) is 1.66. The molecule has 15 heavy (non-hydrogen) atoms. The van der Waals surface area contributed by atoms with Gasteiger partial charge < -0.3 is 9.67 Å². The number of carboxylic acids is 1. The van der Waals surface area contributed by atoms with Gasteiger partial charge in [-0.3, -0.25) is 4.79 Å². The monoisotopic (exact) mass is 225 g/mol. The number of aromatic nitrogens is 3. The van der Waals surface area contributed by atoms with Crippen molar-refractivity contribution in [3.05, 3.63) is 23.2 Å². The summed E-state index contributed by atoms with van der Waals surface area (Å²) in [6.07, 6.45) is 1.32. The molecule has 2 aromatic rings. The molecule has 0 amide bonds. The number of hydrogen-bond acceptors (Lipinski definition) is 3. The average molecular weight is 226 g/mol. The summed E-state index contributed by atoms with van der Waals surface area (Å²) in [6.45, 7) is 1.68. The first-order valence-electron chi connectivity index (χ1n) is 4.27. The van der Waals surface area contributed by atoms with Crippen molar-refractivity contribution >= 4 is 28.6 Å². The number of hydrogen-bond donors (Lipinski definition) is 1. The van der Waals surface area contributed by atoms with E-state index in [1.807, 2.05) is 0 Å². The smallest absolute Gasteiger partial charge is 0.323 e. The molecule has 0 radical (unpaired) electrons. The number of carbonyl (C=O) groups is 1. The topological polar surface area (TPSA) is 68.0 Å². The Bertz CT molecular complexity index is 535. The van der Waals surface area contributed by atoms with Crippen LogP contribution in [-0.2, 0) is 11.3 Å². The molecule has 2 heterocycles. The fourth-order valence-electron chi connectivity index (χ4n) is 1.49. The van der Waals surface area contributed by atoms with E-state index in [1.54, 1.807) is 17.6 Å². The van der Waals surface area contributed by atoms with Crippen LogP contribution >= 0.6 is 11.6 Å². The van der Waals surface area contributed by atoms with Crippen LogP contribution in [-0.4, -0.2) is 25.6 Å². The van der Waals surface area contributed by atoms with Gasteiger partial charge in [-0.25, -0.2) is 9.97 Å². The minimum Gasteiger partial charge on any atom is -0.480 e. The third-order valence-corrected chi connectivity index (χ3v) is 2.44. The highest BCUT2D eigenvalue weighted by molar-refractivity contribution is 6.33. The van der Waals surface area contributed by atoms with Crippen molar-refractivity contribution in [3.8, 4) is 0 Å². The van der Waals surface area contributed by atoms with E-state index in [-0.39, 0.29) is 6.54 Å². The lowest BCUT2D eigenvalue weighted by Gasteiger charge is -2.02. The molecule has 0 spiro atoms. The molecular formula is C9H8ClN3O2. The van der Waals surface area contributed by atoms with E-state index in [4.69, 9.17) is 16.7 Å². The van der Waals surface area contributed by atoms with Crippen LogP contribution in [0.3, 0.4) is 0 Å². The quantitative estimate of drug-likeness (QED) is 0.786. The van der Waals surface area contributed by atoms with Crippen molar-refractivity contribution < 1.29 is 9.90 Å². The summed E-state index contributed by atoms with van der Waals surface area (Å²) >= 11 is 5.87. The molecule has 0 fully saturated rings. The maximum atomic E-state index is 10.7. The Morgan fingerprint density at radius 2 is 2.33 bits per heavy atom. The SMILES string of the molecule is Cc1cc2c(Cl)ncnc2n1CC(=O)O. The zero-order valence-electron chi connectivity index (χ0n) is 7.94. The Hall–Kier alpha value is -1.62. The van der Waals surface area contributed by atoms with Gasteiger partial charge in [0.25, 0.3) is 0 Å². The first-order chi connectivity index (χ1) is 7.09. The lowest BCUT2D eigenvalue weighted by atomic mass is 10.4. The summed E-state index contributed by atoms with van der Waals surface area (Å²) < 4.78 is 1.59. The molecule has 0 aromatic carbocycles. The standard InChI is InChI=1S/C9H8ClN3O2/c1-5-2-6-8(10)11-4-12-9(6)13(5)3-7(14)15/h2,4H,3H2,1H3,(H,14,15). The van der Waals surface area contributed by atoms with Gasteiger partial charge in [0.2, 0.25) is 0 Å². The van der Waals surface area contributed by atoms with Crippen LogP contribution in [0.15, 0.2) is 12.4 Å². The van der Waals surface area contributed by atoms with E-state index in [0.717, 1.165) is 5.69 Å². The lowest BCUT2D eigenvalue weighted by Crippen LogP contribution is -2.10. The van der Waals surface area contributed by atoms with Gasteiger partial charge in [-0.2, -0.15) is 0 Å². The molecule has 6 heteroatoms. The van der Waals surface area contributed by atoms with E-state index in [1.165, 1.54) is 6.33 Å². The van der Waals surface area contributed by atoms with Gasteiger partial charge >= 0.3 is 5.97 Å². The summed E-state index contributed by atoms with van der Waals surface area (Å²) in [6, 6.07) is 1.78. The fraction of sp³-hybridized carbons (Fsp3) is 0.222. The van der Waals surface area contributed by atoms with Gasteiger partial charge in [0.05, 0.1) is 5.39 Å². The Labute approximate surface area is 90.3 Å². The zero-order chi connectivity index (χ0) is 11.0. The number of rotatable bonds is 2. The highest BCUT2D eigenvalue weighted by Crippen LogP contribution is 2.22. The van der Waals surface area contributed by atoms with Crippen LogP contribution in [0, 0.1) is 6.92 Å². The first kappa shape index (κ1) is 9.92. The molecule has 5 nitrogen and oxygen atoms in total. The lowest BCUT2D eigenvalue weighted by molar-refractivity contribution is -0.137. The van der Waals surface area contributed by atoms with Crippen molar-refractivity contribution in [2.75, 3.05) is 0 Å². The molecule has 0 aliphatic carbocycles. The van der Waals surface area contributed by atoms with Gasteiger partial charge in [-0.1, -0.05) is 11.6 Å². The van der Waals surface area contributed by atoms with E-state index >= 15 is 0 Å². The molecule has 2 aromatic heterocycles. The van der Waals surface area contributed by atoms with Crippen LogP contribution in [0.1, 0.15) is 5.69 Å². The molecule has 0 atom stereocenters. The molecule has 0 saturated carbocycles. The summed E-state index contributed by atoms with van der Waals surface area (Å²) in [5.74, 6) is -0.912. The van der Waals surface area contributed by atoms with Crippen LogP contribution in [0.5, 0.6) is 0 Å². The summed E-state index contributed by atoms with van der Waals surface area (Å²) in [7, 11) is 0. The molecule has 0 unspecified atom stereocenters. The van der Waals surface area contributed by atoms with Gasteiger partial charge in [-0.05, 0) is 13.0 Å². The first-order valence-corrected chi connectivity index (χ1v) is 4.65. The minimum atomic E-state index is -0.912. The van der Waals surface area contributed by atoms with Gasteiger partial charge in [0.1, 0.15) is 23.7 Å². The number of fused-ring (bicyclic) bond motifs is 1. The zero-order valence-corrected chi connectivity index (χ0v) is 8.69. The molecule has 0 aliphatic rings. The van der Waals surface area contributed by atoms with E-state index in [9.17, 15) is 4.79 Å². The van der Waals surface area contributed by atoms with Crippen LogP contribution in [0.25, 0.3) is 11.0 Å². The predicted octanol–water partition coefficient (Wildman–Crippen LogP) is 1.48. The predicted molar refractivity (Wildman–Crippen MR) is 54.9 cm³/mol. The number of aryl methyl sites for hydroxylation is 1. The number of halogens is 1. The van der Waals surface area contributed by atoms with Gasteiger partial charge in [0, 0.05) is 5.69 Å². The third-order valence-electron chi connectivity index (χ3n) is 2.14. The second-order valence-corrected chi connectivity index (χ2v) is 3.53. The van der Waals surface area contributed by atoms with Crippen molar-refractivity contribution in [1.82, 2.24) is 14.5 Å². The molecule has 0 aliphatic heterocycles. The van der Waals surface area contributed by atoms with E-state index in [0.29, 0.717) is 16.2 Å². The number of aliphatic carboxylic acids is 1. The Kier molecular flexibility index (Phi) is 2.32. The molecule has 0 saturated heterocycles. The van der Waals surface area contributed by atoms with Crippen molar-refractivity contribution in [1.29, 1.82) is 0 Å². The normalized spacial score (nSPS) is 10.8. The molecule has 0 bridgehead atoms. The van der Waals surface area contributed by atoms with Gasteiger partial charge in [0.15, 0.2) is 0 Å². The summed E-state index contributed by atoms with van der Waals surface area (Å²) in [4.78, 5) is 18.5. The van der Waals surface area contributed by atoms with Gasteiger partial charge in [-0.15, -0.1) is 0 Å². The van der Waals surface area contributed by atoms with Crippen molar-refractivity contribution in [2.24, 2.45) is 0 Å². The Morgan fingerprint density at radius 1 is 1.60 bits per heavy atom. The van der Waals surface area contributed by atoms with Crippen molar-refractivity contribution in [2.45, 2.75) is 13.5 Å². The molecule has 2 rings (SSSR count). The number of nitrogens with zero attached hydrogens (tertiary/aromatic N) is 3. The molecular weight excluding hydrogens is 218 g/mol. The maximum Gasteiger partial charge on any atom is 0.323 e. The highest BCUT2D eigenvalue weighted by atomic mass is 35.5. The fourth-order valence-corrected chi connectivity index (χ4v) is 1.68. The Morgan fingerprint density at radius 3 is 3.00 bits per heavy atom. The van der Waals surface area contributed by atoms with E-state index < -0.39 is 5.97 Å². The second kappa shape index (κ2) is 3.51. The molecule has 1 N–H and O–H groups in total. The highest BCUT2D eigenvalue weighted by Gasteiger charge is 2.12. The minimum absolute atomic E-state index is 0.122. The summed E-state index contributed by atoms with van der Waals surface area (Å²) in [5.41, 5.74) is 1.35. The molecule has 78 valence electrons. The van der Waals surface area contributed by atoms with Crippen molar-refractivity contribution in [3.63, 3.8) is 0 Å². The van der Waals surface area contributed by atoms with E-state index in [2.05, 4.69) is 9.97 Å². The summed E-state index contributed by atoms with van der Waals surface area (Å²) in [5, 5.41) is 9.76. The maximum absolute atomic E-state index is 10.7.